The molecule has 0 aliphatic carbocycles. The maximum absolute atomic E-state index is 11.9. The van der Waals surface area contributed by atoms with Crippen molar-refractivity contribution >= 4 is 15.2 Å². The van der Waals surface area contributed by atoms with Gasteiger partial charge in [-0.2, -0.15) is 8.42 Å². The van der Waals surface area contributed by atoms with Gasteiger partial charge in [-0.15, -0.1) is 0 Å². The highest BCUT2D eigenvalue weighted by Crippen LogP contribution is 2.26. The third-order valence-electron chi connectivity index (χ3n) is 2.70. The number of rotatable bonds is 5. The van der Waals surface area contributed by atoms with Gasteiger partial charge in [-0.05, 0) is 29.9 Å². The second-order valence-electron chi connectivity index (χ2n) is 6.30. The van der Waals surface area contributed by atoms with Gasteiger partial charge in [-0.1, -0.05) is 45.9 Å². The first-order valence-corrected chi connectivity index (χ1v) is 8.03. The highest BCUT2D eigenvalue weighted by molar-refractivity contribution is 8.02. The highest BCUT2D eigenvalue weighted by Gasteiger charge is 2.27. The molecule has 5 heteroatoms. The molecular formula is C15H22O4S. The van der Waals surface area contributed by atoms with Gasteiger partial charge in [-0.3, -0.25) is 4.79 Å². The summed E-state index contributed by atoms with van der Waals surface area (Å²) in [6.07, 6.45) is 0.756. The Kier molecular flexibility index (Phi) is 5.34. The van der Waals surface area contributed by atoms with Gasteiger partial charge in [0, 0.05) is 6.42 Å². The van der Waals surface area contributed by atoms with Crippen LogP contribution in [0.3, 0.4) is 0 Å². The number of carbonyl (C=O) groups is 1. The van der Waals surface area contributed by atoms with Crippen molar-refractivity contribution in [1.29, 1.82) is 0 Å². The van der Waals surface area contributed by atoms with Gasteiger partial charge in [-0.25, -0.2) is 0 Å². The van der Waals surface area contributed by atoms with Crippen molar-refractivity contribution in [2.24, 2.45) is 11.3 Å². The minimum absolute atomic E-state index is 0.00310. The van der Waals surface area contributed by atoms with Crippen molar-refractivity contribution < 1.29 is 17.4 Å². The summed E-state index contributed by atoms with van der Waals surface area (Å²) in [6, 6.07) is 8.05. The first-order chi connectivity index (χ1) is 9.10. The van der Waals surface area contributed by atoms with Crippen LogP contribution in [-0.2, 0) is 14.9 Å². The summed E-state index contributed by atoms with van der Waals surface area (Å²) in [5.74, 6) is 0.154. The molecule has 1 aromatic rings. The Morgan fingerprint density at radius 1 is 1.20 bits per heavy atom. The zero-order valence-corrected chi connectivity index (χ0v) is 13.2. The summed E-state index contributed by atoms with van der Waals surface area (Å²) in [6.45, 7) is 8.05. The smallest absolute Gasteiger partial charge is 0.373 e. The Bertz CT molecular complexity index is 541. The molecule has 0 radical (unpaired) electrons. The summed E-state index contributed by atoms with van der Waals surface area (Å²) in [5.41, 5.74) is 0.0593. The second-order valence-corrected chi connectivity index (χ2v) is 7.83. The molecule has 1 unspecified atom stereocenters. The SMILES string of the molecule is CC(CC(=O)S(=O)(=O)Oc1ccccc1)CC(C)(C)C. The van der Waals surface area contributed by atoms with E-state index in [2.05, 4.69) is 20.8 Å². The molecule has 0 aromatic heterocycles. The van der Waals surface area contributed by atoms with E-state index in [1.165, 1.54) is 12.1 Å². The molecular weight excluding hydrogens is 276 g/mol. The molecule has 0 spiro atoms. The zero-order chi connectivity index (χ0) is 15.4. The molecule has 112 valence electrons. The van der Waals surface area contributed by atoms with E-state index >= 15 is 0 Å². The number of carbonyl (C=O) groups excluding carboxylic acids is 1. The van der Waals surface area contributed by atoms with Crippen LogP contribution in [0.25, 0.3) is 0 Å². The fourth-order valence-electron chi connectivity index (χ4n) is 2.15. The van der Waals surface area contributed by atoms with Crippen LogP contribution in [0.5, 0.6) is 5.75 Å². The lowest BCUT2D eigenvalue weighted by molar-refractivity contribution is -0.113. The van der Waals surface area contributed by atoms with Crippen LogP contribution < -0.4 is 4.18 Å². The molecule has 1 atom stereocenters. The minimum atomic E-state index is -4.20. The van der Waals surface area contributed by atoms with Crippen molar-refractivity contribution in [2.45, 2.75) is 40.5 Å². The number of hydrogen-bond acceptors (Lipinski definition) is 4. The topological polar surface area (TPSA) is 60.4 Å². The van der Waals surface area contributed by atoms with E-state index in [-0.39, 0.29) is 23.5 Å². The monoisotopic (exact) mass is 298 g/mol. The molecule has 1 aromatic carbocycles. The fourth-order valence-corrected chi connectivity index (χ4v) is 3.10. The van der Waals surface area contributed by atoms with Gasteiger partial charge < -0.3 is 4.18 Å². The van der Waals surface area contributed by atoms with Crippen molar-refractivity contribution in [2.75, 3.05) is 0 Å². The second kappa shape index (κ2) is 6.39. The molecule has 0 heterocycles. The van der Waals surface area contributed by atoms with E-state index in [0.29, 0.717) is 0 Å². The van der Waals surface area contributed by atoms with Gasteiger partial charge in [0.25, 0.3) is 5.12 Å². The predicted molar refractivity (Wildman–Crippen MR) is 78.8 cm³/mol. The molecule has 0 bridgehead atoms. The van der Waals surface area contributed by atoms with Crippen LogP contribution in [-0.4, -0.2) is 13.5 Å². The van der Waals surface area contributed by atoms with Crippen LogP contribution >= 0.6 is 0 Å². The van der Waals surface area contributed by atoms with Crippen LogP contribution in [0.15, 0.2) is 30.3 Å². The minimum Gasteiger partial charge on any atom is -0.377 e. The predicted octanol–water partition coefficient (Wildman–Crippen LogP) is 3.38. The van der Waals surface area contributed by atoms with E-state index in [9.17, 15) is 13.2 Å². The standard InChI is InChI=1S/C15H22O4S/c1-12(11-15(2,3)4)10-14(16)20(17,18)19-13-8-6-5-7-9-13/h5-9,12H,10-11H2,1-4H3. The normalized spacial score (nSPS) is 13.8. The van der Waals surface area contributed by atoms with Gasteiger partial charge in [0.2, 0.25) is 0 Å². The lowest BCUT2D eigenvalue weighted by Crippen LogP contribution is -2.24. The molecule has 20 heavy (non-hydrogen) atoms. The highest BCUT2D eigenvalue weighted by atomic mass is 32.2. The molecule has 0 aliphatic heterocycles. The Morgan fingerprint density at radius 3 is 2.25 bits per heavy atom. The Balaban J connectivity index is 2.66. The Hall–Kier alpha value is -1.36. The Morgan fingerprint density at radius 2 is 1.75 bits per heavy atom. The fraction of sp³-hybridized carbons (Fsp3) is 0.533. The molecule has 0 saturated carbocycles. The van der Waals surface area contributed by atoms with Crippen molar-refractivity contribution in [3.63, 3.8) is 0 Å². The first kappa shape index (κ1) is 16.7. The van der Waals surface area contributed by atoms with E-state index in [0.717, 1.165) is 6.42 Å². The Labute approximate surface area is 121 Å². The molecule has 1 rings (SSSR count). The van der Waals surface area contributed by atoms with Crippen molar-refractivity contribution in [3.05, 3.63) is 30.3 Å². The average molecular weight is 298 g/mol. The summed E-state index contributed by atoms with van der Waals surface area (Å²) in [7, 11) is -4.20. The lowest BCUT2D eigenvalue weighted by atomic mass is 9.84. The first-order valence-electron chi connectivity index (χ1n) is 6.62. The van der Waals surface area contributed by atoms with Gasteiger partial charge in [0.05, 0.1) is 0 Å². The van der Waals surface area contributed by atoms with Gasteiger partial charge in [0.1, 0.15) is 5.75 Å². The summed E-state index contributed by atoms with van der Waals surface area (Å²) < 4.78 is 28.5. The third-order valence-corrected chi connectivity index (χ3v) is 3.84. The molecule has 0 aliphatic rings. The summed E-state index contributed by atoms with van der Waals surface area (Å²) in [5, 5.41) is -0.863. The largest absolute Gasteiger partial charge is 0.377 e. The molecule has 0 N–H and O–H groups in total. The maximum atomic E-state index is 11.9. The average Bonchev–Trinajstić information content (AvgIpc) is 2.26. The molecule has 0 fully saturated rings. The van der Waals surface area contributed by atoms with Crippen LogP contribution in [0.1, 0.15) is 40.5 Å². The summed E-state index contributed by atoms with van der Waals surface area (Å²) >= 11 is 0. The third kappa shape index (κ3) is 5.74. The van der Waals surface area contributed by atoms with E-state index in [1.54, 1.807) is 18.2 Å². The van der Waals surface area contributed by atoms with E-state index in [1.807, 2.05) is 6.92 Å². The van der Waals surface area contributed by atoms with Crippen molar-refractivity contribution in [3.8, 4) is 5.75 Å². The zero-order valence-electron chi connectivity index (χ0n) is 12.4. The van der Waals surface area contributed by atoms with Crippen LogP contribution in [0, 0.1) is 11.3 Å². The number of benzene rings is 1. The lowest BCUT2D eigenvalue weighted by Gasteiger charge is -2.22. The van der Waals surface area contributed by atoms with Crippen LogP contribution in [0.2, 0.25) is 0 Å². The molecule has 0 saturated heterocycles. The number of hydrogen-bond donors (Lipinski definition) is 0. The van der Waals surface area contributed by atoms with Gasteiger partial charge >= 0.3 is 10.1 Å². The van der Waals surface area contributed by atoms with Crippen molar-refractivity contribution in [1.82, 2.24) is 0 Å². The van der Waals surface area contributed by atoms with E-state index in [4.69, 9.17) is 4.18 Å². The quantitative estimate of drug-likeness (QED) is 0.782. The van der Waals surface area contributed by atoms with E-state index < -0.39 is 15.2 Å². The van der Waals surface area contributed by atoms with Crippen LogP contribution in [0.4, 0.5) is 0 Å². The number of para-hydroxylation sites is 1. The maximum Gasteiger partial charge on any atom is 0.373 e. The summed E-state index contributed by atoms with van der Waals surface area (Å²) in [4.78, 5) is 11.9. The molecule has 4 nitrogen and oxygen atoms in total. The van der Waals surface area contributed by atoms with Gasteiger partial charge in [0.15, 0.2) is 0 Å². The molecule has 0 amide bonds.